The lowest BCUT2D eigenvalue weighted by Crippen LogP contribution is -2.38. The quantitative estimate of drug-likeness (QED) is 0.834. The van der Waals surface area contributed by atoms with Crippen molar-refractivity contribution in [2.75, 3.05) is 13.1 Å². The van der Waals surface area contributed by atoms with Crippen molar-refractivity contribution in [2.45, 2.75) is 63.5 Å². The molecule has 2 aromatic rings. The Morgan fingerprint density at radius 1 is 0.963 bits per heavy atom. The number of rotatable bonds is 4. The standard InChI is InChI=1S/C21H26N4O2/c26-21(16-4-6-17(7-5-16)27-18-8-9-18)24-13-10-15(11-14-24)20-23-22-19-3-1-2-12-25(19)20/h4-7,15,18H,1-3,8-14H2. The minimum absolute atomic E-state index is 0.120. The molecule has 0 atom stereocenters. The molecule has 2 aliphatic heterocycles. The highest BCUT2D eigenvalue weighted by atomic mass is 16.5. The van der Waals surface area contributed by atoms with Crippen LogP contribution in [-0.4, -0.2) is 44.8 Å². The number of carbonyl (C=O) groups is 1. The highest BCUT2D eigenvalue weighted by Gasteiger charge is 2.29. The SMILES string of the molecule is O=C(c1ccc(OC2CC2)cc1)N1CCC(c2nnc3n2CCCC3)CC1. The Morgan fingerprint density at radius 2 is 1.74 bits per heavy atom. The van der Waals surface area contributed by atoms with Crippen molar-refractivity contribution in [1.82, 2.24) is 19.7 Å². The van der Waals surface area contributed by atoms with Gasteiger partial charge in [0, 0.05) is 37.5 Å². The molecule has 6 nitrogen and oxygen atoms in total. The van der Waals surface area contributed by atoms with E-state index in [9.17, 15) is 4.79 Å². The van der Waals surface area contributed by atoms with E-state index in [0.717, 1.165) is 74.7 Å². The van der Waals surface area contributed by atoms with E-state index in [1.807, 2.05) is 29.2 Å². The maximum Gasteiger partial charge on any atom is 0.253 e. The summed E-state index contributed by atoms with van der Waals surface area (Å²) in [5.41, 5.74) is 0.747. The van der Waals surface area contributed by atoms with Crippen LogP contribution < -0.4 is 4.74 Å². The Labute approximate surface area is 159 Å². The predicted octanol–water partition coefficient (Wildman–Crippen LogP) is 3.18. The molecule has 27 heavy (non-hydrogen) atoms. The topological polar surface area (TPSA) is 60.2 Å². The number of aromatic nitrogens is 3. The minimum Gasteiger partial charge on any atom is -0.490 e. The summed E-state index contributed by atoms with van der Waals surface area (Å²) in [4.78, 5) is 14.8. The summed E-state index contributed by atoms with van der Waals surface area (Å²) in [6.45, 7) is 2.62. The average Bonchev–Trinajstić information content (AvgIpc) is 3.43. The fourth-order valence-electron chi connectivity index (χ4n) is 4.21. The first kappa shape index (κ1) is 16.8. The van der Waals surface area contributed by atoms with Gasteiger partial charge in [0.2, 0.25) is 0 Å². The van der Waals surface area contributed by atoms with Crippen LogP contribution in [0.2, 0.25) is 0 Å². The van der Waals surface area contributed by atoms with Crippen LogP contribution in [0.5, 0.6) is 5.75 Å². The van der Waals surface area contributed by atoms with Crippen LogP contribution in [0.3, 0.4) is 0 Å². The second kappa shape index (κ2) is 6.98. The monoisotopic (exact) mass is 366 g/mol. The minimum atomic E-state index is 0.120. The van der Waals surface area contributed by atoms with Gasteiger partial charge in [0.15, 0.2) is 0 Å². The van der Waals surface area contributed by atoms with Gasteiger partial charge < -0.3 is 14.2 Å². The molecule has 0 radical (unpaired) electrons. The fourth-order valence-corrected chi connectivity index (χ4v) is 4.21. The second-order valence-corrected chi connectivity index (χ2v) is 7.99. The van der Waals surface area contributed by atoms with E-state index in [4.69, 9.17) is 4.74 Å². The zero-order valence-electron chi connectivity index (χ0n) is 15.6. The Morgan fingerprint density at radius 3 is 2.48 bits per heavy atom. The van der Waals surface area contributed by atoms with Gasteiger partial charge in [-0.05, 0) is 62.8 Å². The predicted molar refractivity (Wildman–Crippen MR) is 101 cm³/mol. The molecule has 1 aromatic heterocycles. The maximum absolute atomic E-state index is 12.8. The van der Waals surface area contributed by atoms with E-state index in [-0.39, 0.29) is 5.91 Å². The van der Waals surface area contributed by atoms with Gasteiger partial charge >= 0.3 is 0 Å². The number of fused-ring (bicyclic) bond motifs is 1. The van der Waals surface area contributed by atoms with E-state index >= 15 is 0 Å². The molecule has 3 aliphatic rings. The highest BCUT2D eigenvalue weighted by molar-refractivity contribution is 5.94. The summed E-state index contributed by atoms with van der Waals surface area (Å²) in [6, 6.07) is 7.61. The number of hydrogen-bond donors (Lipinski definition) is 0. The van der Waals surface area contributed by atoms with Crippen molar-refractivity contribution in [3.05, 3.63) is 41.5 Å². The fraction of sp³-hybridized carbons (Fsp3) is 0.571. The first-order valence-electron chi connectivity index (χ1n) is 10.3. The Bertz CT molecular complexity index is 817. The first-order chi connectivity index (χ1) is 13.3. The molecule has 3 heterocycles. The Balaban J connectivity index is 1.21. The lowest BCUT2D eigenvalue weighted by atomic mass is 9.95. The van der Waals surface area contributed by atoms with Gasteiger partial charge in [0.1, 0.15) is 17.4 Å². The number of benzene rings is 1. The molecule has 1 saturated carbocycles. The summed E-state index contributed by atoms with van der Waals surface area (Å²) in [5.74, 6) is 3.68. The van der Waals surface area contributed by atoms with E-state index in [1.54, 1.807) is 0 Å². The van der Waals surface area contributed by atoms with Gasteiger partial charge in [-0.25, -0.2) is 0 Å². The Kier molecular flexibility index (Phi) is 4.34. The summed E-state index contributed by atoms with van der Waals surface area (Å²) in [5, 5.41) is 8.87. The van der Waals surface area contributed by atoms with Gasteiger partial charge in [0.25, 0.3) is 5.91 Å². The molecule has 1 saturated heterocycles. The van der Waals surface area contributed by atoms with Gasteiger partial charge in [-0.2, -0.15) is 0 Å². The van der Waals surface area contributed by atoms with E-state index in [0.29, 0.717) is 12.0 Å². The number of aryl methyl sites for hydroxylation is 1. The average molecular weight is 366 g/mol. The lowest BCUT2D eigenvalue weighted by Gasteiger charge is -2.32. The van der Waals surface area contributed by atoms with Crippen LogP contribution in [0.4, 0.5) is 0 Å². The van der Waals surface area contributed by atoms with E-state index < -0.39 is 0 Å². The zero-order chi connectivity index (χ0) is 18.2. The normalized spacial score (nSPS) is 20.4. The highest BCUT2D eigenvalue weighted by Crippen LogP contribution is 2.30. The van der Waals surface area contributed by atoms with Crippen molar-refractivity contribution >= 4 is 5.91 Å². The number of hydrogen-bond acceptors (Lipinski definition) is 4. The molecule has 0 bridgehead atoms. The smallest absolute Gasteiger partial charge is 0.253 e. The third-order valence-electron chi connectivity index (χ3n) is 5.96. The van der Waals surface area contributed by atoms with E-state index in [1.165, 1.54) is 12.8 Å². The van der Waals surface area contributed by atoms with Crippen LogP contribution in [-0.2, 0) is 13.0 Å². The maximum atomic E-state index is 12.8. The van der Waals surface area contributed by atoms with Crippen LogP contribution in [0.15, 0.2) is 24.3 Å². The van der Waals surface area contributed by atoms with Crippen molar-refractivity contribution in [1.29, 1.82) is 0 Å². The van der Waals surface area contributed by atoms with Gasteiger partial charge in [-0.3, -0.25) is 4.79 Å². The first-order valence-corrected chi connectivity index (χ1v) is 10.3. The largest absolute Gasteiger partial charge is 0.490 e. The number of ether oxygens (including phenoxy) is 1. The molecular weight excluding hydrogens is 340 g/mol. The van der Waals surface area contributed by atoms with Gasteiger partial charge in [-0.1, -0.05) is 0 Å². The van der Waals surface area contributed by atoms with Crippen molar-refractivity contribution in [3.63, 3.8) is 0 Å². The van der Waals surface area contributed by atoms with Crippen LogP contribution >= 0.6 is 0 Å². The zero-order valence-corrected chi connectivity index (χ0v) is 15.6. The third-order valence-corrected chi connectivity index (χ3v) is 5.96. The number of amides is 1. The number of nitrogens with zero attached hydrogens (tertiary/aromatic N) is 4. The second-order valence-electron chi connectivity index (χ2n) is 7.99. The molecule has 142 valence electrons. The molecule has 0 spiro atoms. The summed E-state index contributed by atoms with van der Waals surface area (Å²) < 4.78 is 8.09. The molecule has 0 N–H and O–H groups in total. The van der Waals surface area contributed by atoms with Crippen LogP contribution in [0.25, 0.3) is 0 Å². The van der Waals surface area contributed by atoms with Gasteiger partial charge in [0.05, 0.1) is 6.10 Å². The third kappa shape index (κ3) is 3.45. The van der Waals surface area contributed by atoms with Gasteiger partial charge in [-0.15, -0.1) is 10.2 Å². The Hall–Kier alpha value is -2.37. The van der Waals surface area contributed by atoms with E-state index in [2.05, 4.69) is 14.8 Å². The number of likely N-dealkylation sites (tertiary alicyclic amines) is 1. The molecule has 6 heteroatoms. The van der Waals surface area contributed by atoms with Crippen molar-refractivity contribution in [3.8, 4) is 5.75 Å². The molecule has 1 amide bonds. The van der Waals surface area contributed by atoms with Crippen molar-refractivity contribution < 1.29 is 9.53 Å². The molecule has 5 rings (SSSR count). The molecule has 1 aromatic carbocycles. The van der Waals surface area contributed by atoms with Crippen molar-refractivity contribution in [2.24, 2.45) is 0 Å². The lowest BCUT2D eigenvalue weighted by molar-refractivity contribution is 0.0710. The number of piperidine rings is 1. The van der Waals surface area contributed by atoms with Crippen LogP contribution in [0, 0.1) is 0 Å². The molecule has 1 aliphatic carbocycles. The summed E-state index contributed by atoms with van der Waals surface area (Å²) in [7, 11) is 0. The summed E-state index contributed by atoms with van der Waals surface area (Å²) >= 11 is 0. The summed E-state index contributed by atoms with van der Waals surface area (Å²) in [6.07, 6.45) is 8.08. The van der Waals surface area contributed by atoms with Crippen LogP contribution in [0.1, 0.15) is 66.4 Å². The molecule has 2 fully saturated rings. The molecule has 0 unspecified atom stereocenters. The number of carbonyl (C=O) groups excluding carboxylic acids is 1. The molecular formula is C21H26N4O2.